The lowest BCUT2D eigenvalue weighted by atomic mass is 9.93. The summed E-state index contributed by atoms with van der Waals surface area (Å²) in [7, 11) is 0. The Labute approximate surface area is 205 Å². The highest BCUT2D eigenvalue weighted by Crippen LogP contribution is 2.28. The van der Waals surface area contributed by atoms with Crippen molar-refractivity contribution < 1.29 is 37.3 Å². The molecule has 0 spiro atoms. The minimum Gasteiger partial charge on any atom is -0.474 e. The summed E-state index contributed by atoms with van der Waals surface area (Å²) in [6, 6.07) is 4.52. The van der Waals surface area contributed by atoms with E-state index in [0.717, 1.165) is 25.2 Å². The van der Waals surface area contributed by atoms with Gasteiger partial charge in [-0.15, -0.1) is 13.2 Å². The van der Waals surface area contributed by atoms with Gasteiger partial charge in [-0.1, -0.05) is 0 Å². The lowest BCUT2D eigenvalue weighted by Gasteiger charge is -2.30. The molecular weight excluding hydrogens is 483 g/mol. The van der Waals surface area contributed by atoms with E-state index in [1.165, 1.54) is 6.07 Å². The van der Waals surface area contributed by atoms with Gasteiger partial charge in [0.05, 0.1) is 19.8 Å². The van der Waals surface area contributed by atoms with E-state index in [2.05, 4.69) is 25.3 Å². The van der Waals surface area contributed by atoms with Crippen LogP contribution in [0.3, 0.4) is 0 Å². The average molecular weight is 512 g/mol. The minimum atomic E-state index is -4.88. The van der Waals surface area contributed by atoms with Crippen LogP contribution in [0.15, 0.2) is 30.5 Å². The van der Waals surface area contributed by atoms with Crippen LogP contribution in [-0.2, 0) is 11.3 Å². The topological polar surface area (TPSA) is 118 Å². The first-order valence-corrected chi connectivity index (χ1v) is 11.7. The van der Waals surface area contributed by atoms with Crippen molar-refractivity contribution in [2.24, 2.45) is 0 Å². The number of hydrogen-bond acceptors (Lipinski definition) is 8. The number of morpholine rings is 1. The second-order valence-corrected chi connectivity index (χ2v) is 8.56. The minimum absolute atomic E-state index is 0.0538. The van der Waals surface area contributed by atoms with Crippen LogP contribution in [0.2, 0.25) is 0 Å². The maximum atomic E-state index is 12.5. The Balaban J connectivity index is 1.25. The standard InChI is InChI=1S/C23H28F3N5O5/c24-23(25,26)36-19-12-15(14-32)11-17(13-19)29-22(33)28-16-1-3-18(4-2-16)35-20-5-6-27-21(30-20)31-7-9-34-10-8-31/h5-6,11-13,16,18,32H,1-4,7-10,14H2,(H2,28,29,33). The fourth-order valence-corrected chi connectivity index (χ4v) is 4.18. The van der Waals surface area contributed by atoms with E-state index in [4.69, 9.17) is 9.47 Å². The van der Waals surface area contributed by atoms with Crippen LogP contribution in [0.1, 0.15) is 31.2 Å². The lowest BCUT2D eigenvalue weighted by Crippen LogP contribution is -2.41. The highest BCUT2D eigenvalue weighted by Gasteiger charge is 2.31. The molecule has 2 heterocycles. The van der Waals surface area contributed by atoms with Gasteiger partial charge in [0.25, 0.3) is 0 Å². The van der Waals surface area contributed by atoms with Gasteiger partial charge in [-0.25, -0.2) is 9.78 Å². The summed E-state index contributed by atoms with van der Waals surface area (Å²) in [4.78, 5) is 23.3. The molecule has 0 unspecified atom stereocenters. The van der Waals surface area contributed by atoms with Gasteiger partial charge in [0.2, 0.25) is 11.8 Å². The smallest absolute Gasteiger partial charge is 0.474 e. The maximum Gasteiger partial charge on any atom is 0.573 e. The normalized spacial score (nSPS) is 20.5. The number of benzene rings is 1. The van der Waals surface area contributed by atoms with Crippen molar-refractivity contribution in [1.29, 1.82) is 0 Å². The highest BCUT2D eigenvalue weighted by atomic mass is 19.4. The van der Waals surface area contributed by atoms with Crippen LogP contribution in [-0.4, -0.2) is 65.9 Å². The Bertz CT molecular complexity index is 1030. The SMILES string of the molecule is O=C(Nc1cc(CO)cc(OC(F)(F)F)c1)NC1CCC(Oc2ccnc(N3CCOCC3)n2)CC1. The first-order chi connectivity index (χ1) is 17.3. The van der Waals surface area contributed by atoms with Gasteiger partial charge in [-0.05, 0) is 43.4 Å². The second kappa shape index (κ2) is 11.6. The summed E-state index contributed by atoms with van der Waals surface area (Å²) in [5, 5.41) is 14.6. The Morgan fingerprint density at radius 3 is 2.61 bits per heavy atom. The molecule has 13 heteroatoms. The van der Waals surface area contributed by atoms with Gasteiger partial charge >= 0.3 is 12.4 Å². The Hall–Kier alpha value is -3.32. The second-order valence-electron chi connectivity index (χ2n) is 8.56. The fourth-order valence-electron chi connectivity index (χ4n) is 4.18. The molecule has 2 aromatic rings. The van der Waals surface area contributed by atoms with Crippen molar-refractivity contribution in [1.82, 2.24) is 15.3 Å². The molecular formula is C23H28F3N5O5. The molecule has 3 N–H and O–H groups in total. The molecule has 0 radical (unpaired) electrons. The summed E-state index contributed by atoms with van der Waals surface area (Å²) in [5.74, 6) is 0.585. The summed E-state index contributed by atoms with van der Waals surface area (Å²) in [6.07, 6.45) is -0.540. The van der Waals surface area contributed by atoms with Gasteiger partial charge in [-0.3, -0.25) is 0 Å². The van der Waals surface area contributed by atoms with Crippen LogP contribution >= 0.6 is 0 Å². The Kier molecular flexibility index (Phi) is 8.31. The fraction of sp³-hybridized carbons (Fsp3) is 0.522. The van der Waals surface area contributed by atoms with Gasteiger partial charge in [0.1, 0.15) is 11.9 Å². The number of hydrogen-bond donors (Lipinski definition) is 3. The summed E-state index contributed by atoms with van der Waals surface area (Å²) >= 11 is 0. The van der Waals surface area contributed by atoms with Crippen molar-refractivity contribution in [3.63, 3.8) is 0 Å². The van der Waals surface area contributed by atoms with Crippen molar-refractivity contribution >= 4 is 17.7 Å². The van der Waals surface area contributed by atoms with Gasteiger partial charge in [0, 0.05) is 43.1 Å². The number of alkyl halides is 3. The van der Waals surface area contributed by atoms with Crippen LogP contribution in [0.25, 0.3) is 0 Å². The number of amides is 2. The van der Waals surface area contributed by atoms with Gasteiger partial charge in [0.15, 0.2) is 0 Å². The molecule has 1 aromatic heterocycles. The largest absolute Gasteiger partial charge is 0.573 e. The molecule has 1 aromatic carbocycles. The third-order valence-electron chi connectivity index (χ3n) is 5.85. The van der Waals surface area contributed by atoms with Crippen molar-refractivity contribution in [3.05, 3.63) is 36.0 Å². The van der Waals surface area contributed by atoms with Crippen LogP contribution in [0, 0.1) is 0 Å². The first kappa shape index (κ1) is 25.8. The Morgan fingerprint density at radius 1 is 1.17 bits per heavy atom. The quantitative estimate of drug-likeness (QED) is 0.519. The molecule has 2 fully saturated rings. The molecule has 0 bridgehead atoms. The molecule has 1 saturated heterocycles. The number of anilines is 2. The van der Waals surface area contributed by atoms with E-state index in [9.17, 15) is 23.1 Å². The number of aromatic nitrogens is 2. The third kappa shape index (κ3) is 7.59. The molecule has 1 aliphatic carbocycles. The van der Waals surface area contributed by atoms with Crippen LogP contribution in [0.4, 0.5) is 29.6 Å². The van der Waals surface area contributed by atoms with Crippen LogP contribution in [0.5, 0.6) is 11.6 Å². The number of halogens is 3. The number of aliphatic hydroxyl groups excluding tert-OH is 1. The van der Waals surface area contributed by atoms with E-state index in [1.807, 2.05) is 4.90 Å². The van der Waals surface area contributed by atoms with E-state index < -0.39 is 24.7 Å². The molecule has 4 rings (SSSR count). The third-order valence-corrected chi connectivity index (χ3v) is 5.85. The number of nitrogens with one attached hydrogen (secondary N) is 2. The van der Waals surface area contributed by atoms with Crippen LogP contribution < -0.4 is 25.0 Å². The predicted octanol–water partition coefficient (Wildman–Crippen LogP) is 3.22. The highest BCUT2D eigenvalue weighted by molar-refractivity contribution is 5.89. The monoisotopic (exact) mass is 511 g/mol. The van der Waals surface area contributed by atoms with E-state index in [-0.39, 0.29) is 23.4 Å². The maximum absolute atomic E-state index is 12.5. The molecule has 2 aliphatic rings. The molecule has 1 aliphatic heterocycles. The number of carbonyl (C=O) groups excluding carboxylic acids is 1. The van der Waals surface area contributed by atoms with Crippen molar-refractivity contribution in [2.45, 2.75) is 50.8 Å². The lowest BCUT2D eigenvalue weighted by molar-refractivity contribution is -0.274. The zero-order valence-electron chi connectivity index (χ0n) is 19.5. The Morgan fingerprint density at radius 2 is 1.92 bits per heavy atom. The van der Waals surface area contributed by atoms with Gasteiger partial charge < -0.3 is 34.9 Å². The van der Waals surface area contributed by atoms with E-state index >= 15 is 0 Å². The van der Waals surface area contributed by atoms with Gasteiger partial charge in [-0.2, -0.15) is 4.98 Å². The van der Waals surface area contributed by atoms with E-state index in [0.29, 0.717) is 50.7 Å². The van der Waals surface area contributed by atoms with Crippen molar-refractivity contribution in [2.75, 3.05) is 36.5 Å². The number of carbonyl (C=O) groups is 1. The number of aliphatic hydroxyl groups is 1. The molecule has 2 amide bonds. The molecule has 196 valence electrons. The molecule has 10 nitrogen and oxygen atoms in total. The number of ether oxygens (including phenoxy) is 3. The summed E-state index contributed by atoms with van der Waals surface area (Å²) < 4.78 is 52.9. The zero-order chi connectivity index (χ0) is 25.5. The number of rotatable bonds is 7. The first-order valence-electron chi connectivity index (χ1n) is 11.7. The van der Waals surface area contributed by atoms with E-state index in [1.54, 1.807) is 12.3 Å². The summed E-state index contributed by atoms with van der Waals surface area (Å²) in [5.41, 5.74) is 0.251. The molecule has 0 atom stereocenters. The molecule has 36 heavy (non-hydrogen) atoms. The number of urea groups is 1. The van der Waals surface area contributed by atoms with Crippen molar-refractivity contribution in [3.8, 4) is 11.6 Å². The summed E-state index contributed by atoms with van der Waals surface area (Å²) in [6.45, 7) is 2.21. The molecule has 1 saturated carbocycles. The zero-order valence-corrected chi connectivity index (χ0v) is 19.5. The number of nitrogens with zero attached hydrogens (tertiary/aromatic N) is 3. The average Bonchev–Trinajstić information content (AvgIpc) is 2.84. The predicted molar refractivity (Wildman–Crippen MR) is 123 cm³/mol.